The summed E-state index contributed by atoms with van der Waals surface area (Å²) in [5, 5.41) is 10.6. The van der Waals surface area contributed by atoms with Crippen molar-refractivity contribution in [1.29, 1.82) is 0 Å². The Bertz CT molecular complexity index is 1210. The van der Waals surface area contributed by atoms with Gasteiger partial charge in [-0.1, -0.05) is 36.4 Å². The van der Waals surface area contributed by atoms with Crippen LogP contribution in [0.25, 0.3) is 21.8 Å². The highest BCUT2D eigenvalue weighted by molar-refractivity contribution is 5.86. The molecule has 148 valence electrons. The van der Waals surface area contributed by atoms with Gasteiger partial charge >= 0.3 is 0 Å². The minimum absolute atomic E-state index is 0.0999. The third-order valence-corrected chi connectivity index (χ3v) is 5.08. The lowest BCUT2D eigenvalue weighted by atomic mass is 10.0. The van der Waals surface area contributed by atoms with Crippen LogP contribution in [0.3, 0.4) is 0 Å². The fourth-order valence-corrected chi connectivity index (χ4v) is 3.63. The Morgan fingerprint density at radius 2 is 1.90 bits per heavy atom. The van der Waals surface area contributed by atoms with Gasteiger partial charge in [0.2, 0.25) is 5.88 Å². The zero-order valence-electron chi connectivity index (χ0n) is 17.1. The maximum absolute atomic E-state index is 12.5. The number of carbonyl (C=O) groups is 1. The van der Waals surface area contributed by atoms with Gasteiger partial charge in [0.1, 0.15) is 0 Å². The summed E-state index contributed by atoms with van der Waals surface area (Å²) in [6.07, 6.45) is 0. The number of rotatable bonds is 5. The molecule has 0 fully saturated rings. The van der Waals surface area contributed by atoms with Crippen LogP contribution in [0, 0.1) is 13.8 Å². The third-order valence-electron chi connectivity index (χ3n) is 5.08. The summed E-state index contributed by atoms with van der Waals surface area (Å²) >= 11 is 0. The van der Waals surface area contributed by atoms with Gasteiger partial charge in [0.05, 0.1) is 11.4 Å². The van der Waals surface area contributed by atoms with Crippen molar-refractivity contribution in [2.75, 3.05) is 6.61 Å². The predicted molar refractivity (Wildman–Crippen MR) is 114 cm³/mol. The second-order valence-corrected chi connectivity index (χ2v) is 7.39. The number of ether oxygens (including phenoxy) is 1. The highest BCUT2D eigenvalue weighted by Gasteiger charge is 2.16. The van der Waals surface area contributed by atoms with E-state index in [1.54, 1.807) is 4.68 Å². The number of hydrogen-bond acceptors (Lipinski definition) is 4. The fraction of sp³-hybridized carbons (Fsp3) is 0.261. The van der Waals surface area contributed by atoms with Gasteiger partial charge in [-0.05, 0) is 54.8 Å². The van der Waals surface area contributed by atoms with Gasteiger partial charge in [0, 0.05) is 12.7 Å². The van der Waals surface area contributed by atoms with Crippen LogP contribution < -0.4 is 10.1 Å². The number of carbonyl (C=O) groups excluding carboxylic acids is 1. The number of aromatic nitrogens is 3. The lowest BCUT2D eigenvalue weighted by molar-refractivity contribution is -0.123. The highest BCUT2D eigenvalue weighted by Crippen LogP contribution is 2.27. The number of hydrogen-bond donors (Lipinski definition) is 1. The first kappa shape index (κ1) is 18.9. The van der Waals surface area contributed by atoms with Crippen LogP contribution in [0.5, 0.6) is 5.88 Å². The number of benzene rings is 2. The fourth-order valence-electron chi connectivity index (χ4n) is 3.63. The summed E-state index contributed by atoms with van der Waals surface area (Å²) in [5.74, 6) is 0.239. The molecule has 0 spiro atoms. The van der Waals surface area contributed by atoms with E-state index in [4.69, 9.17) is 4.74 Å². The maximum Gasteiger partial charge on any atom is 0.258 e. The molecular weight excluding hydrogens is 364 g/mol. The molecule has 4 aromatic rings. The van der Waals surface area contributed by atoms with E-state index in [1.807, 2.05) is 52.1 Å². The van der Waals surface area contributed by atoms with Crippen molar-refractivity contribution in [2.45, 2.75) is 26.8 Å². The largest absolute Gasteiger partial charge is 0.466 e. The zero-order valence-corrected chi connectivity index (χ0v) is 17.1. The molecule has 6 nitrogen and oxygen atoms in total. The molecule has 2 heterocycles. The predicted octanol–water partition coefficient (Wildman–Crippen LogP) is 3.99. The van der Waals surface area contributed by atoms with Crippen LogP contribution in [0.1, 0.15) is 29.8 Å². The number of fused-ring (bicyclic) bond motifs is 2. The maximum atomic E-state index is 12.5. The lowest BCUT2D eigenvalue weighted by Crippen LogP contribution is -2.31. The second kappa shape index (κ2) is 7.54. The van der Waals surface area contributed by atoms with Gasteiger partial charge < -0.3 is 10.1 Å². The van der Waals surface area contributed by atoms with Crippen molar-refractivity contribution in [3.63, 3.8) is 0 Å². The summed E-state index contributed by atoms with van der Waals surface area (Å²) < 4.78 is 7.43. The van der Waals surface area contributed by atoms with E-state index < -0.39 is 0 Å². The third kappa shape index (κ3) is 3.78. The number of nitrogens with one attached hydrogen (secondary N) is 1. The molecule has 0 aliphatic heterocycles. The normalized spacial score (nSPS) is 12.3. The van der Waals surface area contributed by atoms with Crippen LogP contribution in [0.2, 0.25) is 0 Å². The van der Waals surface area contributed by atoms with E-state index in [-0.39, 0.29) is 18.6 Å². The molecule has 1 atom stereocenters. The number of aryl methyl sites for hydroxylation is 3. The number of pyridine rings is 1. The molecule has 2 aromatic heterocycles. The van der Waals surface area contributed by atoms with E-state index in [0.717, 1.165) is 33.2 Å². The van der Waals surface area contributed by atoms with Gasteiger partial charge in [0.15, 0.2) is 12.3 Å². The molecule has 4 rings (SSSR count). The molecule has 0 radical (unpaired) electrons. The number of amides is 1. The monoisotopic (exact) mass is 388 g/mol. The Labute approximate surface area is 169 Å². The molecule has 1 N–H and O–H groups in total. The smallest absolute Gasteiger partial charge is 0.258 e. The molecule has 0 bridgehead atoms. The molecule has 29 heavy (non-hydrogen) atoms. The molecule has 0 aliphatic carbocycles. The van der Waals surface area contributed by atoms with Crippen LogP contribution in [0.4, 0.5) is 0 Å². The Hall–Kier alpha value is -3.41. The average Bonchev–Trinajstić information content (AvgIpc) is 3.01. The minimum Gasteiger partial charge on any atom is -0.466 e. The molecule has 0 saturated heterocycles. The molecule has 6 heteroatoms. The standard InChI is InChI=1S/C23H24N4O2/c1-14-11-15(2)24-22-21(14)23(26-27(22)4)29-13-20(28)25-16(3)18-10-9-17-7-5-6-8-19(17)12-18/h5-12,16H,13H2,1-4H3,(H,25,28). The van der Waals surface area contributed by atoms with Crippen LogP contribution >= 0.6 is 0 Å². The summed E-state index contributed by atoms with van der Waals surface area (Å²) in [6.45, 7) is 5.81. The van der Waals surface area contributed by atoms with Gasteiger partial charge in [-0.3, -0.25) is 4.79 Å². The quantitative estimate of drug-likeness (QED) is 0.561. The summed E-state index contributed by atoms with van der Waals surface area (Å²) in [5.41, 5.74) is 3.75. The Morgan fingerprint density at radius 3 is 2.69 bits per heavy atom. The van der Waals surface area contributed by atoms with E-state index in [1.165, 1.54) is 5.39 Å². The molecule has 0 saturated carbocycles. The van der Waals surface area contributed by atoms with E-state index >= 15 is 0 Å². The van der Waals surface area contributed by atoms with Crippen molar-refractivity contribution in [1.82, 2.24) is 20.1 Å². The van der Waals surface area contributed by atoms with Crippen molar-refractivity contribution in [2.24, 2.45) is 7.05 Å². The van der Waals surface area contributed by atoms with Gasteiger partial charge in [-0.2, -0.15) is 0 Å². The zero-order chi connectivity index (χ0) is 20.5. The van der Waals surface area contributed by atoms with Gasteiger partial charge in [0.25, 0.3) is 5.91 Å². The van der Waals surface area contributed by atoms with E-state index in [2.05, 4.69) is 39.7 Å². The molecule has 1 amide bonds. The summed E-state index contributed by atoms with van der Waals surface area (Å²) in [4.78, 5) is 17.0. The van der Waals surface area contributed by atoms with E-state index in [9.17, 15) is 4.79 Å². The van der Waals surface area contributed by atoms with Crippen molar-refractivity contribution >= 4 is 27.7 Å². The topological polar surface area (TPSA) is 69.0 Å². The summed E-state index contributed by atoms with van der Waals surface area (Å²) in [6, 6.07) is 16.3. The SMILES string of the molecule is Cc1cc(C)c2c(OCC(=O)NC(C)c3ccc4ccccc4c3)nn(C)c2n1. The van der Waals surface area contributed by atoms with Crippen molar-refractivity contribution in [3.8, 4) is 5.88 Å². The first-order valence-electron chi connectivity index (χ1n) is 9.64. The Balaban J connectivity index is 1.45. The molecular formula is C23H24N4O2. The van der Waals surface area contributed by atoms with Crippen LogP contribution in [0.15, 0.2) is 48.5 Å². The molecule has 0 aliphatic rings. The van der Waals surface area contributed by atoms with Crippen LogP contribution in [-0.2, 0) is 11.8 Å². The van der Waals surface area contributed by atoms with Gasteiger partial charge in [-0.25, -0.2) is 9.67 Å². The summed E-state index contributed by atoms with van der Waals surface area (Å²) in [7, 11) is 1.82. The van der Waals surface area contributed by atoms with Crippen molar-refractivity contribution < 1.29 is 9.53 Å². The average molecular weight is 388 g/mol. The van der Waals surface area contributed by atoms with Gasteiger partial charge in [-0.15, -0.1) is 5.10 Å². The first-order chi connectivity index (χ1) is 13.9. The number of nitrogens with zero attached hydrogens (tertiary/aromatic N) is 3. The molecule has 1 unspecified atom stereocenters. The lowest BCUT2D eigenvalue weighted by Gasteiger charge is -2.15. The van der Waals surface area contributed by atoms with Crippen LogP contribution in [-0.4, -0.2) is 27.3 Å². The minimum atomic E-state index is -0.192. The molecule has 2 aromatic carbocycles. The van der Waals surface area contributed by atoms with Crippen molar-refractivity contribution in [3.05, 3.63) is 65.4 Å². The van der Waals surface area contributed by atoms with E-state index in [0.29, 0.717) is 5.88 Å². The Kier molecular flexibility index (Phi) is 4.92. The Morgan fingerprint density at radius 1 is 1.14 bits per heavy atom. The first-order valence-corrected chi connectivity index (χ1v) is 9.64. The second-order valence-electron chi connectivity index (χ2n) is 7.39. The highest BCUT2D eigenvalue weighted by atomic mass is 16.5.